The number of hydrogen-bond donors (Lipinski definition) is 2. The van der Waals surface area contributed by atoms with Crippen molar-refractivity contribution in [2.75, 3.05) is 0 Å². The van der Waals surface area contributed by atoms with Gasteiger partial charge in [0.2, 0.25) is 0 Å². The van der Waals surface area contributed by atoms with Gasteiger partial charge in [0.15, 0.2) is 5.82 Å². The molecule has 0 bridgehead atoms. The highest BCUT2D eigenvalue weighted by Gasteiger charge is 2.10. The molecule has 96 valence electrons. The molecule has 0 spiro atoms. The van der Waals surface area contributed by atoms with Crippen molar-refractivity contribution in [3.63, 3.8) is 0 Å². The third-order valence-electron chi connectivity index (χ3n) is 3.30. The Morgan fingerprint density at radius 1 is 1.17 bits per heavy atom. The van der Waals surface area contributed by atoms with Crippen molar-refractivity contribution in [2.24, 2.45) is 0 Å². The summed E-state index contributed by atoms with van der Waals surface area (Å²) in [5, 5.41) is 17.2. The van der Waals surface area contributed by atoms with Crippen LogP contribution < -0.4 is 5.32 Å². The third kappa shape index (κ3) is 2.73. The first-order chi connectivity index (χ1) is 8.58. The highest BCUT2D eigenvalue weighted by molar-refractivity contribution is 5.37. The van der Waals surface area contributed by atoms with E-state index in [0.29, 0.717) is 12.4 Å². The van der Waals surface area contributed by atoms with Crippen LogP contribution in [0, 0.1) is 20.8 Å². The van der Waals surface area contributed by atoms with Crippen LogP contribution in [0.25, 0.3) is 0 Å². The molecular weight excluding hydrogens is 226 g/mol. The number of nitrogens with zero attached hydrogens (tertiary/aromatic N) is 3. The molecule has 1 aromatic heterocycles. The van der Waals surface area contributed by atoms with Crippen LogP contribution in [0.15, 0.2) is 12.1 Å². The van der Waals surface area contributed by atoms with E-state index in [1.54, 1.807) is 0 Å². The number of rotatable bonds is 4. The molecule has 1 unspecified atom stereocenters. The van der Waals surface area contributed by atoms with Crippen molar-refractivity contribution >= 4 is 0 Å². The van der Waals surface area contributed by atoms with E-state index in [1.165, 1.54) is 22.3 Å². The van der Waals surface area contributed by atoms with Crippen LogP contribution in [0.5, 0.6) is 0 Å². The molecule has 1 aromatic carbocycles. The smallest absolute Gasteiger partial charge is 0.188 e. The lowest BCUT2D eigenvalue weighted by molar-refractivity contribution is 0.557. The standard InChI is InChI=1S/C13H19N5/c1-8-5-10(3)12(6-9(8)2)11(4)14-7-13-15-17-18-16-13/h5-6,11,14H,7H2,1-4H3,(H,15,16,17,18). The Hall–Kier alpha value is -1.75. The van der Waals surface area contributed by atoms with Gasteiger partial charge in [0.05, 0.1) is 6.54 Å². The van der Waals surface area contributed by atoms with Gasteiger partial charge >= 0.3 is 0 Å². The fraction of sp³-hybridized carbons (Fsp3) is 0.462. The van der Waals surface area contributed by atoms with Gasteiger partial charge in [0.25, 0.3) is 0 Å². The van der Waals surface area contributed by atoms with Gasteiger partial charge in [-0.1, -0.05) is 17.3 Å². The molecule has 0 aliphatic heterocycles. The monoisotopic (exact) mass is 245 g/mol. The summed E-state index contributed by atoms with van der Waals surface area (Å²) in [7, 11) is 0. The minimum absolute atomic E-state index is 0.266. The predicted octanol–water partition coefficient (Wildman–Crippen LogP) is 1.98. The molecule has 0 fully saturated rings. The topological polar surface area (TPSA) is 66.5 Å². The summed E-state index contributed by atoms with van der Waals surface area (Å²) >= 11 is 0. The van der Waals surface area contributed by atoms with Crippen molar-refractivity contribution in [3.05, 3.63) is 40.2 Å². The molecule has 0 radical (unpaired) electrons. The van der Waals surface area contributed by atoms with E-state index in [2.05, 4.69) is 65.8 Å². The number of aryl methyl sites for hydroxylation is 3. The highest BCUT2D eigenvalue weighted by Crippen LogP contribution is 2.21. The summed E-state index contributed by atoms with van der Waals surface area (Å²) in [6, 6.07) is 4.75. The van der Waals surface area contributed by atoms with Gasteiger partial charge in [0, 0.05) is 6.04 Å². The van der Waals surface area contributed by atoms with Crippen LogP contribution in [0.3, 0.4) is 0 Å². The number of H-pyrrole nitrogens is 1. The van der Waals surface area contributed by atoms with Gasteiger partial charge in [0.1, 0.15) is 0 Å². The Labute approximate surface area is 107 Å². The zero-order chi connectivity index (χ0) is 13.1. The molecule has 5 heteroatoms. The molecular formula is C13H19N5. The fourth-order valence-electron chi connectivity index (χ4n) is 2.06. The summed E-state index contributed by atoms with van der Waals surface area (Å²) in [5.41, 5.74) is 5.29. The minimum Gasteiger partial charge on any atom is -0.303 e. The largest absolute Gasteiger partial charge is 0.303 e. The van der Waals surface area contributed by atoms with E-state index in [4.69, 9.17) is 0 Å². The molecule has 2 rings (SSSR count). The van der Waals surface area contributed by atoms with E-state index >= 15 is 0 Å². The van der Waals surface area contributed by atoms with E-state index in [0.717, 1.165) is 0 Å². The molecule has 1 heterocycles. The number of aromatic nitrogens is 4. The molecule has 0 aliphatic carbocycles. The van der Waals surface area contributed by atoms with Crippen LogP contribution in [-0.2, 0) is 6.54 Å². The molecule has 2 aromatic rings. The molecule has 0 saturated carbocycles. The number of nitrogens with one attached hydrogen (secondary N) is 2. The summed E-state index contributed by atoms with van der Waals surface area (Å²) in [6.45, 7) is 9.20. The number of aromatic amines is 1. The van der Waals surface area contributed by atoms with Crippen molar-refractivity contribution < 1.29 is 0 Å². The number of hydrogen-bond acceptors (Lipinski definition) is 4. The van der Waals surface area contributed by atoms with Crippen molar-refractivity contribution in [2.45, 2.75) is 40.3 Å². The SMILES string of the molecule is Cc1cc(C)c(C(C)NCc2nn[nH]n2)cc1C. The molecule has 5 nitrogen and oxygen atoms in total. The average molecular weight is 245 g/mol. The van der Waals surface area contributed by atoms with Gasteiger partial charge in [-0.3, -0.25) is 0 Å². The van der Waals surface area contributed by atoms with E-state index in [1.807, 2.05) is 0 Å². The maximum atomic E-state index is 3.93. The number of benzene rings is 1. The second-order valence-electron chi connectivity index (χ2n) is 4.72. The van der Waals surface area contributed by atoms with Gasteiger partial charge in [-0.25, -0.2) is 0 Å². The van der Waals surface area contributed by atoms with Crippen LogP contribution in [0.1, 0.15) is 41.0 Å². The van der Waals surface area contributed by atoms with E-state index in [9.17, 15) is 0 Å². The molecule has 0 amide bonds. The molecule has 0 saturated heterocycles. The third-order valence-corrected chi connectivity index (χ3v) is 3.30. The first-order valence-corrected chi connectivity index (χ1v) is 6.11. The Morgan fingerprint density at radius 3 is 2.56 bits per heavy atom. The lowest BCUT2D eigenvalue weighted by Gasteiger charge is -2.17. The first kappa shape index (κ1) is 12.7. The van der Waals surface area contributed by atoms with Gasteiger partial charge in [-0.05, 0) is 49.9 Å². The maximum absolute atomic E-state index is 3.93. The Balaban J connectivity index is 2.09. The quantitative estimate of drug-likeness (QED) is 0.864. The number of tetrazole rings is 1. The van der Waals surface area contributed by atoms with Gasteiger partial charge < -0.3 is 5.32 Å². The zero-order valence-corrected chi connectivity index (χ0v) is 11.3. The van der Waals surface area contributed by atoms with E-state index < -0.39 is 0 Å². The summed E-state index contributed by atoms with van der Waals surface area (Å²) in [6.07, 6.45) is 0. The van der Waals surface area contributed by atoms with Crippen molar-refractivity contribution in [1.82, 2.24) is 25.9 Å². The second-order valence-corrected chi connectivity index (χ2v) is 4.72. The Kier molecular flexibility index (Phi) is 3.72. The Morgan fingerprint density at radius 2 is 1.89 bits per heavy atom. The zero-order valence-electron chi connectivity index (χ0n) is 11.3. The normalized spacial score (nSPS) is 12.7. The van der Waals surface area contributed by atoms with E-state index in [-0.39, 0.29) is 6.04 Å². The highest BCUT2D eigenvalue weighted by atomic mass is 15.5. The predicted molar refractivity (Wildman–Crippen MR) is 70.1 cm³/mol. The fourth-order valence-corrected chi connectivity index (χ4v) is 2.06. The summed E-state index contributed by atoms with van der Waals surface area (Å²) in [4.78, 5) is 0. The minimum atomic E-state index is 0.266. The molecule has 18 heavy (non-hydrogen) atoms. The first-order valence-electron chi connectivity index (χ1n) is 6.11. The average Bonchev–Trinajstić information content (AvgIpc) is 2.84. The molecule has 1 atom stereocenters. The van der Waals surface area contributed by atoms with Crippen LogP contribution in [0.2, 0.25) is 0 Å². The molecule has 2 N–H and O–H groups in total. The Bertz CT molecular complexity index is 518. The van der Waals surface area contributed by atoms with Crippen LogP contribution in [-0.4, -0.2) is 20.6 Å². The van der Waals surface area contributed by atoms with Crippen LogP contribution in [0.4, 0.5) is 0 Å². The lowest BCUT2D eigenvalue weighted by atomic mass is 9.96. The van der Waals surface area contributed by atoms with Gasteiger partial charge in [-0.2, -0.15) is 5.21 Å². The summed E-state index contributed by atoms with van der Waals surface area (Å²) in [5.74, 6) is 0.684. The molecule has 0 aliphatic rings. The maximum Gasteiger partial charge on any atom is 0.188 e. The van der Waals surface area contributed by atoms with Gasteiger partial charge in [-0.15, -0.1) is 10.2 Å². The second kappa shape index (κ2) is 5.27. The summed E-state index contributed by atoms with van der Waals surface area (Å²) < 4.78 is 0. The lowest BCUT2D eigenvalue weighted by Crippen LogP contribution is -2.20. The van der Waals surface area contributed by atoms with Crippen molar-refractivity contribution in [1.29, 1.82) is 0 Å². The van der Waals surface area contributed by atoms with Crippen molar-refractivity contribution in [3.8, 4) is 0 Å². The van der Waals surface area contributed by atoms with Crippen LogP contribution >= 0.6 is 0 Å².